The van der Waals surface area contributed by atoms with Crippen LogP contribution in [-0.2, 0) is 4.74 Å². The molecular weight excluding hydrogens is 257 g/mol. The molecule has 1 saturated heterocycles. The van der Waals surface area contributed by atoms with Gasteiger partial charge in [0.2, 0.25) is 0 Å². The molecule has 0 aromatic rings. The number of halogens is 2. The van der Waals surface area contributed by atoms with Crippen LogP contribution in [0.2, 0.25) is 0 Å². The fraction of sp³-hybridized carbons (Fsp3) is 0.875. The summed E-state index contributed by atoms with van der Waals surface area (Å²) in [6.07, 6.45) is 1.10. The third-order valence-electron chi connectivity index (χ3n) is 1.98. The fourth-order valence-electron chi connectivity index (χ4n) is 1.30. The van der Waals surface area contributed by atoms with Gasteiger partial charge in [-0.25, -0.2) is 0 Å². The first-order valence-corrected chi connectivity index (χ1v) is 5.54. The normalized spacial score (nSPS) is 16.3. The van der Waals surface area contributed by atoms with Gasteiger partial charge in [-0.3, -0.25) is 10.3 Å². The summed E-state index contributed by atoms with van der Waals surface area (Å²) in [4.78, 5) is 2.39. The van der Waals surface area contributed by atoms with E-state index in [4.69, 9.17) is 15.9 Å². The summed E-state index contributed by atoms with van der Waals surface area (Å²) >= 11 is 1.42. The van der Waals surface area contributed by atoms with Crippen molar-refractivity contribution in [1.29, 1.82) is 5.41 Å². The van der Waals surface area contributed by atoms with Crippen LogP contribution in [0.15, 0.2) is 0 Å². The van der Waals surface area contributed by atoms with Gasteiger partial charge in [-0.05, 0) is 13.0 Å². The van der Waals surface area contributed by atoms with E-state index in [0.29, 0.717) is 0 Å². The lowest BCUT2D eigenvalue weighted by molar-refractivity contribution is 0.0381. The number of amidine groups is 1. The molecule has 0 spiro atoms. The van der Waals surface area contributed by atoms with Gasteiger partial charge in [0.15, 0.2) is 5.17 Å². The van der Waals surface area contributed by atoms with Gasteiger partial charge in [0, 0.05) is 18.8 Å². The Morgan fingerprint density at radius 2 is 1.93 bits per heavy atom. The van der Waals surface area contributed by atoms with Gasteiger partial charge >= 0.3 is 0 Å². The van der Waals surface area contributed by atoms with Crippen LogP contribution in [0.25, 0.3) is 0 Å². The van der Waals surface area contributed by atoms with Crippen LogP contribution < -0.4 is 5.73 Å². The second-order valence-corrected chi connectivity index (χ2v) is 4.16. The zero-order chi connectivity index (χ0) is 9.52. The topological polar surface area (TPSA) is 62.3 Å². The van der Waals surface area contributed by atoms with Crippen LogP contribution in [0.4, 0.5) is 0 Å². The van der Waals surface area contributed by atoms with Gasteiger partial charge in [-0.2, -0.15) is 0 Å². The molecule has 1 aliphatic heterocycles. The monoisotopic (exact) mass is 275 g/mol. The average Bonchev–Trinajstić information content (AvgIpc) is 2.14. The van der Waals surface area contributed by atoms with E-state index in [2.05, 4.69) is 4.90 Å². The second kappa shape index (κ2) is 10.8. The van der Waals surface area contributed by atoms with Gasteiger partial charge in [-0.15, -0.1) is 24.8 Å². The molecule has 0 radical (unpaired) electrons. The molecule has 0 aromatic carbocycles. The van der Waals surface area contributed by atoms with Crippen LogP contribution in [-0.4, -0.2) is 48.7 Å². The first-order valence-electron chi connectivity index (χ1n) is 4.56. The maximum absolute atomic E-state index is 7.02. The summed E-state index contributed by atoms with van der Waals surface area (Å²) in [6, 6.07) is 0. The molecule has 0 bridgehead atoms. The van der Waals surface area contributed by atoms with Crippen molar-refractivity contribution in [3.63, 3.8) is 0 Å². The third-order valence-corrected chi connectivity index (χ3v) is 2.78. The SMILES string of the molecule is Cl.Cl.N=C(N)SCCCN1CCOCC1. The number of thioether (sulfide) groups is 1. The molecule has 0 amide bonds. The lowest BCUT2D eigenvalue weighted by Crippen LogP contribution is -2.37. The molecule has 1 fully saturated rings. The molecule has 92 valence electrons. The molecule has 0 saturated carbocycles. The van der Waals surface area contributed by atoms with Gasteiger partial charge in [0.25, 0.3) is 0 Å². The maximum atomic E-state index is 7.02. The van der Waals surface area contributed by atoms with E-state index >= 15 is 0 Å². The average molecular weight is 276 g/mol. The van der Waals surface area contributed by atoms with Crippen molar-refractivity contribution < 1.29 is 4.74 Å². The molecule has 1 aliphatic rings. The van der Waals surface area contributed by atoms with Crippen molar-refractivity contribution in [2.75, 3.05) is 38.6 Å². The van der Waals surface area contributed by atoms with Crippen LogP contribution in [0.3, 0.4) is 0 Å². The molecule has 0 aromatic heterocycles. The van der Waals surface area contributed by atoms with Crippen molar-refractivity contribution >= 4 is 41.7 Å². The van der Waals surface area contributed by atoms with E-state index in [0.717, 1.165) is 45.0 Å². The highest BCUT2D eigenvalue weighted by atomic mass is 35.5. The molecule has 7 heteroatoms. The van der Waals surface area contributed by atoms with E-state index in [1.807, 2.05) is 0 Å². The van der Waals surface area contributed by atoms with E-state index < -0.39 is 0 Å². The molecule has 0 unspecified atom stereocenters. The summed E-state index contributed by atoms with van der Waals surface area (Å²) < 4.78 is 5.24. The summed E-state index contributed by atoms with van der Waals surface area (Å²) in [6.45, 7) is 4.92. The molecular formula is C8H19Cl2N3OS. The molecule has 3 N–H and O–H groups in total. The highest BCUT2D eigenvalue weighted by Crippen LogP contribution is 2.03. The smallest absolute Gasteiger partial charge is 0.151 e. The number of hydrogen-bond acceptors (Lipinski definition) is 4. The Morgan fingerprint density at radius 3 is 2.47 bits per heavy atom. The van der Waals surface area contributed by atoms with Crippen LogP contribution in [0.5, 0.6) is 0 Å². The van der Waals surface area contributed by atoms with Crippen molar-refractivity contribution in [2.24, 2.45) is 5.73 Å². The fourth-order valence-corrected chi connectivity index (χ4v) is 1.79. The molecule has 0 aliphatic carbocycles. The summed E-state index contributed by atoms with van der Waals surface area (Å²) in [5.74, 6) is 0.951. The van der Waals surface area contributed by atoms with Crippen LogP contribution in [0, 0.1) is 5.41 Å². The van der Waals surface area contributed by atoms with Crippen molar-refractivity contribution in [1.82, 2.24) is 4.90 Å². The minimum Gasteiger partial charge on any atom is -0.379 e. The number of morpholine rings is 1. The molecule has 4 nitrogen and oxygen atoms in total. The van der Waals surface area contributed by atoms with Crippen LogP contribution >= 0.6 is 36.6 Å². The minimum absolute atomic E-state index is 0. The Morgan fingerprint density at radius 1 is 1.33 bits per heavy atom. The second-order valence-electron chi connectivity index (χ2n) is 3.02. The number of ether oxygens (including phenoxy) is 1. The van der Waals surface area contributed by atoms with Crippen molar-refractivity contribution in [3.05, 3.63) is 0 Å². The van der Waals surface area contributed by atoms with Crippen LogP contribution in [0.1, 0.15) is 6.42 Å². The first-order chi connectivity index (χ1) is 6.29. The summed E-state index contributed by atoms with van der Waals surface area (Å²) in [5, 5.41) is 7.25. The summed E-state index contributed by atoms with van der Waals surface area (Å²) in [7, 11) is 0. The maximum Gasteiger partial charge on any atom is 0.151 e. The Kier molecular flexibility index (Phi) is 12.8. The zero-order valence-corrected chi connectivity index (χ0v) is 11.1. The van der Waals surface area contributed by atoms with Gasteiger partial charge in [0.1, 0.15) is 0 Å². The number of nitrogens with two attached hydrogens (primary N) is 1. The van der Waals surface area contributed by atoms with Gasteiger partial charge in [0.05, 0.1) is 13.2 Å². The molecule has 1 rings (SSSR count). The molecule has 15 heavy (non-hydrogen) atoms. The Labute approximate surface area is 108 Å². The largest absolute Gasteiger partial charge is 0.379 e. The third kappa shape index (κ3) is 9.26. The van der Waals surface area contributed by atoms with Crippen molar-refractivity contribution in [2.45, 2.75) is 6.42 Å². The van der Waals surface area contributed by atoms with E-state index in [9.17, 15) is 0 Å². The minimum atomic E-state index is 0. The number of nitrogens with zero attached hydrogens (tertiary/aromatic N) is 1. The number of rotatable bonds is 4. The zero-order valence-electron chi connectivity index (χ0n) is 8.61. The summed E-state index contributed by atoms with van der Waals surface area (Å²) in [5.41, 5.74) is 5.22. The predicted octanol–water partition coefficient (Wildman–Crippen LogP) is 1.18. The molecule has 1 heterocycles. The highest BCUT2D eigenvalue weighted by molar-refractivity contribution is 8.13. The standard InChI is InChI=1S/C8H17N3OS.2ClH/c9-8(10)13-7-1-2-11-3-5-12-6-4-11;;/h1-7H2,(H3,9,10);2*1H. The Hall–Kier alpha value is 0.320. The number of hydrogen-bond donors (Lipinski definition) is 2. The quantitative estimate of drug-likeness (QED) is 0.460. The van der Waals surface area contributed by atoms with E-state index in [1.54, 1.807) is 0 Å². The van der Waals surface area contributed by atoms with E-state index in [1.165, 1.54) is 11.8 Å². The first kappa shape index (κ1) is 17.7. The highest BCUT2D eigenvalue weighted by Gasteiger charge is 2.08. The van der Waals surface area contributed by atoms with Gasteiger partial charge < -0.3 is 10.5 Å². The molecule has 0 atom stereocenters. The lowest BCUT2D eigenvalue weighted by atomic mass is 10.4. The Bertz CT molecular complexity index is 168. The van der Waals surface area contributed by atoms with Crippen molar-refractivity contribution in [3.8, 4) is 0 Å². The number of nitrogens with one attached hydrogen (secondary N) is 1. The lowest BCUT2D eigenvalue weighted by Gasteiger charge is -2.26. The Balaban J connectivity index is 0. The van der Waals surface area contributed by atoms with Gasteiger partial charge in [-0.1, -0.05) is 11.8 Å². The van der Waals surface area contributed by atoms with E-state index in [-0.39, 0.29) is 30.0 Å². The predicted molar refractivity (Wildman–Crippen MR) is 70.7 cm³/mol.